The quantitative estimate of drug-likeness (QED) is 0.747. The van der Waals surface area contributed by atoms with E-state index in [-0.39, 0.29) is 11.8 Å². The zero-order valence-electron chi connectivity index (χ0n) is 16.6. The number of hydrogen-bond acceptors (Lipinski definition) is 6. The van der Waals surface area contributed by atoms with Gasteiger partial charge in [0.2, 0.25) is 11.8 Å². The lowest BCUT2D eigenvalue weighted by Crippen LogP contribution is -2.63. The van der Waals surface area contributed by atoms with E-state index in [1.807, 2.05) is 39.9 Å². The Morgan fingerprint density at radius 2 is 2.07 bits per heavy atom. The summed E-state index contributed by atoms with van der Waals surface area (Å²) in [5.41, 5.74) is -0.332. The zero-order chi connectivity index (χ0) is 19.8. The predicted molar refractivity (Wildman–Crippen MR) is 101 cm³/mol. The third-order valence-electron chi connectivity index (χ3n) is 5.99. The number of fused-ring (bicyclic) bond motifs is 1. The Bertz CT molecular complexity index is 735. The maximum atomic E-state index is 12.8. The fraction of sp³-hybridized carbons (Fsp3) is 0.650. The summed E-state index contributed by atoms with van der Waals surface area (Å²) in [7, 11) is 1.93. The van der Waals surface area contributed by atoms with Crippen LogP contribution in [0.4, 0.5) is 0 Å². The maximum Gasteiger partial charge on any atom is 0.239 e. The third kappa shape index (κ3) is 3.64. The van der Waals surface area contributed by atoms with Gasteiger partial charge in [-0.3, -0.25) is 19.5 Å². The number of piperidine rings is 1. The van der Waals surface area contributed by atoms with Gasteiger partial charge in [-0.1, -0.05) is 6.07 Å². The Hall–Kier alpha value is -2.03. The Morgan fingerprint density at radius 3 is 2.75 bits per heavy atom. The summed E-state index contributed by atoms with van der Waals surface area (Å²) in [5, 5.41) is 0. The number of piperazine rings is 1. The van der Waals surface area contributed by atoms with E-state index in [0.717, 1.165) is 18.5 Å². The standard InChI is InChI=1S/C20H28N4O4/c1-16(25)23-9-6-19(7-10-23)13-24-18(26)11-22(2)14-20(24,28-19)15-27-12-17-5-3-4-8-21-17/h3-5,8H,6-7,9-15H2,1-2H3. The summed E-state index contributed by atoms with van der Waals surface area (Å²) in [6.45, 7) is 5.18. The Balaban J connectivity index is 1.49. The third-order valence-corrected chi connectivity index (χ3v) is 5.99. The molecule has 3 fully saturated rings. The minimum Gasteiger partial charge on any atom is -0.370 e. The zero-order valence-corrected chi connectivity index (χ0v) is 16.6. The first kappa shape index (κ1) is 19.3. The van der Waals surface area contributed by atoms with Crippen molar-refractivity contribution in [1.29, 1.82) is 0 Å². The van der Waals surface area contributed by atoms with Gasteiger partial charge in [0, 0.05) is 32.8 Å². The SMILES string of the molecule is CC(=O)N1CCC2(CC1)CN1C(=O)CN(C)CC1(COCc1ccccn1)O2. The van der Waals surface area contributed by atoms with E-state index in [1.54, 1.807) is 13.1 Å². The summed E-state index contributed by atoms with van der Waals surface area (Å²) in [4.78, 5) is 34.5. The normalized spacial score (nSPS) is 27.3. The van der Waals surface area contributed by atoms with Crippen LogP contribution in [0.2, 0.25) is 0 Å². The van der Waals surface area contributed by atoms with Crippen molar-refractivity contribution in [1.82, 2.24) is 19.7 Å². The second-order valence-corrected chi connectivity index (χ2v) is 8.20. The molecule has 1 atom stereocenters. The molecule has 0 radical (unpaired) electrons. The van der Waals surface area contributed by atoms with E-state index in [4.69, 9.17) is 9.47 Å². The lowest BCUT2D eigenvalue weighted by Gasteiger charge is -2.44. The molecule has 4 rings (SSSR count). The van der Waals surface area contributed by atoms with Crippen LogP contribution in [0.15, 0.2) is 24.4 Å². The molecule has 0 N–H and O–H groups in total. The van der Waals surface area contributed by atoms with Crippen LogP contribution in [0.1, 0.15) is 25.5 Å². The lowest BCUT2D eigenvalue weighted by atomic mass is 9.91. The van der Waals surface area contributed by atoms with Gasteiger partial charge in [0.05, 0.1) is 37.6 Å². The van der Waals surface area contributed by atoms with Gasteiger partial charge in [0.1, 0.15) is 0 Å². The number of ether oxygens (including phenoxy) is 2. The molecule has 1 spiro atoms. The molecule has 0 bridgehead atoms. The highest BCUT2D eigenvalue weighted by Crippen LogP contribution is 2.43. The molecule has 2 amide bonds. The van der Waals surface area contributed by atoms with Gasteiger partial charge < -0.3 is 19.3 Å². The van der Waals surface area contributed by atoms with Gasteiger partial charge in [-0.05, 0) is 32.0 Å². The first-order valence-electron chi connectivity index (χ1n) is 9.84. The van der Waals surface area contributed by atoms with Crippen LogP contribution in [0, 0.1) is 0 Å². The summed E-state index contributed by atoms with van der Waals surface area (Å²) in [6, 6.07) is 5.72. The molecule has 1 aromatic heterocycles. The highest BCUT2D eigenvalue weighted by atomic mass is 16.6. The van der Waals surface area contributed by atoms with Crippen LogP contribution >= 0.6 is 0 Å². The minimum atomic E-state index is -0.780. The monoisotopic (exact) mass is 388 g/mol. The molecule has 152 valence electrons. The average molecular weight is 388 g/mol. The molecule has 0 aromatic carbocycles. The van der Waals surface area contributed by atoms with Crippen molar-refractivity contribution < 1.29 is 19.1 Å². The molecule has 3 aliphatic heterocycles. The molecule has 3 aliphatic rings. The lowest BCUT2D eigenvalue weighted by molar-refractivity contribution is -0.206. The van der Waals surface area contributed by atoms with Gasteiger partial charge in [0.25, 0.3) is 0 Å². The van der Waals surface area contributed by atoms with Crippen molar-refractivity contribution in [2.45, 2.75) is 37.7 Å². The molecule has 8 nitrogen and oxygen atoms in total. The Morgan fingerprint density at radius 1 is 1.29 bits per heavy atom. The van der Waals surface area contributed by atoms with Crippen LogP contribution in [-0.2, 0) is 25.7 Å². The number of hydrogen-bond donors (Lipinski definition) is 0. The molecule has 1 unspecified atom stereocenters. The van der Waals surface area contributed by atoms with Crippen molar-refractivity contribution in [2.24, 2.45) is 0 Å². The van der Waals surface area contributed by atoms with Crippen LogP contribution in [0.3, 0.4) is 0 Å². The molecule has 4 heterocycles. The van der Waals surface area contributed by atoms with Gasteiger partial charge >= 0.3 is 0 Å². The molecular formula is C20H28N4O4. The largest absolute Gasteiger partial charge is 0.370 e. The maximum absolute atomic E-state index is 12.8. The fourth-order valence-electron chi connectivity index (χ4n) is 4.59. The van der Waals surface area contributed by atoms with Crippen LogP contribution in [-0.4, -0.2) is 89.2 Å². The smallest absolute Gasteiger partial charge is 0.239 e. The number of carbonyl (C=O) groups is 2. The molecule has 8 heteroatoms. The molecule has 0 saturated carbocycles. The molecule has 0 aliphatic carbocycles. The number of rotatable bonds is 4. The van der Waals surface area contributed by atoms with E-state index < -0.39 is 11.3 Å². The number of carbonyl (C=O) groups excluding carboxylic acids is 2. The van der Waals surface area contributed by atoms with Crippen molar-refractivity contribution in [3.8, 4) is 0 Å². The topological polar surface area (TPSA) is 75.2 Å². The van der Waals surface area contributed by atoms with Crippen LogP contribution < -0.4 is 0 Å². The number of aromatic nitrogens is 1. The second kappa shape index (κ2) is 7.42. The van der Waals surface area contributed by atoms with Crippen molar-refractivity contribution >= 4 is 11.8 Å². The summed E-state index contributed by atoms with van der Waals surface area (Å²) < 4.78 is 12.6. The fourth-order valence-corrected chi connectivity index (χ4v) is 4.59. The van der Waals surface area contributed by atoms with Crippen molar-refractivity contribution in [3.05, 3.63) is 30.1 Å². The van der Waals surface area contributed by atoms with Gasteiger partial charge in [0.15, 0.2) is 5.72 Å². The van der Waals surface area contributed by atoms with Crippen molar-refractivity contribution in [2.75, 3.05) is 46.4 Å². The average Bonchev–Trinajstić information content (AvgIpc) is 2.97. The predicted octanol–water partition coefficient (Wildman–Crippen LogP) is 0.480. The number of nitrogens with zero attached hydrogens (tertiary/aromatic N) is 4. The van der Waals surface area contributed by atoms with Gasteiger partial charge in [-0.2, -0.15) is 0 Å². The van der Waals surface area contributed by atoms with E-state index in [2.05, 4.69) is 4.98 Å². The second-order valence-electron chi connectivity index (χ2n) is 8.20. The van der Waals surface area contributed by atoms with Crippen LogP contribution in [0.25, 0.3) is 0 Å². The van der Waals surface area contributed by atoms with E-state index in [9.17, 15) is 9.59 Å². The Kier molecular flexibility index (Phi) is 5.11. The summed E-state index contributed by atoms with van der Waals surface area (Å²) >= 11 is 0. The molecule has 28 heavy (non-hydrogen) atoms. The molecular weight excluding hydrogens is 360 g/mol. The number of pyridine rings is 1. The van der Waals surface area contributed by atoms with E-state index in [1.165, 1.54) is 0 Å². The molecule has 1 aromatic rings. The number of likely N-dealkylation sites (tertiary alicyclic amines) is 1. The minimum absolute atomic E-state index is 0.0704. The summed E-state index contributed by atoms with van der Waals surface area (Å²) in [5.74, 6) is 0.163. The van der Waals surface area contributed by atoms with Gasteiger partial charge in [-0.25, -0.2) is 0 Å². The Labute approximate surface area is 165 Å². The van der Waals surface area contributed by atoms with Crippen LogP contribution in [0.5, 0.6) is 0 Å². The molecule has 3 saturated heterocycles. The first-order valence-corrected chi connectivity index (χ1v) is 9.84. The first-order chi connectivity index (χ1) is 13.4. The van der Waals surface area contributed by atoms with E-state index in [0.29, 0.717) is 45.9 Å². The number of likely N-dealkylation sites (N-methyl/N-ethyl adjacent to an activating group) is 1. The summed E-state index contributed by atoms with van der Waals surface area (Å²) in [6.07, 6.45) is 3.22. The highest BCUT2D eigenvalue weighted by Gasteiger charge is 2.59. The van der Waals surface area contributed by atoms with Crippen molar-refractivity contribution in [3.63, 3.8) is 0 Å². The number of amides is 2. The highest BCUT2D eigenvalue weighted by molar-refractivity contribution is 5.80. The van der Waals surface area contributed by atoms with Gasteiger partial charge in [-0.15, -0.1) is 0 Å². The van der Waals surface area contributed by atoms with E-state index >= 15 is 0 Å².